The lowest BCUT2D eigenvalue weighted by Gasteiger charge is -2.07. The normalized spacial score (nSPS) is 11.6. The number of nitrogens with zero attached hydrogens (tertiary/aromatic N) is 1. The maximum atomic E-state index is 12.9. The van der Waals surface area contributed by atoms with E-state index in [2.05, 4.69) is 15.0 Å². The second-order valence-corrected chi connectivity index (χ2v) is 7.61. The van der Waals surface area contributed by atoms with Crippen molar-refractivity contribution in [2.45, 2.75) is 12.6 Å². The first-order chi connectivity index (χ1) is 14.9. The zero-order valence-electron chi connectivity index (χ0n) is 16.2. The van der Waals surface area contributed by atoms with E-state index >= 15 is 0 Å². The third-order valence-electron chi connectivity index (χ3n) is 4.61. The quantitative estimate of drug-likeness (QED) is 0.353. The lowest BCUT2D eigenvalue weighted by atomic mass is 10.1. The standard InChI is InChI=1S/C22H18F3N3O2S/c23-22(24,25)15-6-3-5-14(13-15)17-9-10-18(30-17)21(29)27-12-4-11-26-20-16-7-1-2-8-19(16)31-28-20/h1-3,5-10,13H,4,11-12H2,(H,26,28)(H,27,29). The van der Waals surface area contributed by atoms with Gasteiger partial charge in [0, 0.05) is 24.0 Å². The number of amides is 1. The van der Waals surface area contributed by atoms with Crippen LogP contribution in [0, 0.1) is 0 Å². The molecule has 0 aliphatic carbocycles. The average molecular weight is 445 g/mol. The van der Waals surface area contributed by atoms with Crippen molar-refractivity contribution >= 4 is 33.3 Å². The second-order valence-electron chi connectivity index (χ2n) is 6.81. The highest BCUT2D eigenvalue weighted by molar-refractivity contribution is 7.13. The molecule has 0 saturated carbocycles. The molecule has 0 fully saturated rings. The number of carbonyl (C=O) groups is 1. The highest BCUT2D eigenvalue weighted by atomic mass is 32.1. The predicted octanol–water partition coefficient (Wildman–Crippen LogP) is 5.81. The Kier molecular flexibility index (Phi) is 5.94. The summed E-state index contributed by atoms with van der Waals surface area (Å²) in [5, 5.41) is 7.07. The maximum Gasteiger partial charge on any atom is 0.416 e. The summed E-state index contributed by atoms with van der Waals surface area (Å²) in [6, 6.07) is 15.7. The number of anilines is 1. The maximum absolute atomic E-state index is 12.9. The number of hydrogen-bond acceptors (Lipinski definition) is 5. The van der Waals surface area contributed by atoms with E-state index in [4.69, 9.17) is 4.42 Å². The molecule has 1 amide bonds. The number of furan rings is 1. The molecule has 0 bridgehead atoms. The molecular formula is C22H18F3N3O2S. The smallest absolute Gasteiger partial charge is 0.416 e. The molecule has 0 aliphatic heterocycles. The Morgan fingerprint density at radius 3 is 2.71 bits per heavy atom. The number of fused-ring (bicyclic) bond motifs is 1. The van der Waals surface area contributed by atoms with Gasteiger partial charge in [-0.25, -0.2) is 0 Å². The number of alkyl halides is 3. The molecule has 0 aliphatic rings. The van der Waals surface area contributed by atoms with Gasteiger partial charge in [0.2, 0.25) is 0 Å². The minimum Gasteiger partial charge on any atom is -0.451 e. The molecule has 2 N–H and O–H groups in total. The average Bonchev–Trinajstić information content (AvgIpc) is 3.41. The van der Waals surface area contributed by atoms with Crippen molar-refractivity contribution in [2.75, 3.05) is 18.4 Å². The fraction of sp³-hybridized carbons (Fsp3) is 0.182. The highest BCUT2D eigenvalue weighted by Gasteiger charge is 2.30. The molecule has 4 rings (SSSR count). The van der Waals surface area contributed by atoms with Crippen LogP contribution in [0.1, 0.15) is 22.5 Å². The third-order valence-corrected chi connectivity index (χ3v) is 5.44. The van der Waals surface area contributed by atoms with Crippen LogP contribution in [0.3, 0.4) is 0 Å². The summed E-state index contributed by atoms with van der Waals surface area (Å²) < 4.78 is 49.6. The third kappa shape index (κ3) is 4.88. The first kappa shape index (κ1) is 20.9. The Morgan fingerprint density at radius 1 is 1.03 bits per heavy atom. The molecule has 31 heavy (non-hydrogen) atoms. The van der Waals surface area contributed by atoms with E-state index in [1.54, 1.807) is 0 Å². The summed E-state index contributed by atoms with van der Waals surface area (Å²) >= 11 is 1.43. The Bertz CT molecular complexity index is 1200. The number of hydrogen-bond donors (Lipinski definition) is 2. The van der Waals surface area contributed by atoms with E-state index in [-0.39, 0.29) is 17.1 Å². The van der Waals surface area contributed by atoms with Crippen molar-refractivity contribution < 1.29 is 22.4 Å². The molecule has 4 aromatic rings. The summed E-state index contributed by atoms with van der Waals surface area (Å²) in [5.41, 5.74) is -0.513. The molecular weight excluding hydrogens is 427 g/mol. The van der Waals surface area contributed by atoms with Gasteiger partial charge >= 0.3 is 6.18 Å². The Hall–Kier alpha value is -3.33. The Labute approximate surface area is 180 Å². The van der Waals surface area contributed by atoms with Crippen molar-refractivity contribution in [3.8, 4) is 11.3 Å². The summed E-state index contributed by atoms with van der Waals surface area (Å²) in [5.74, 6) is 0.653. The van der Waals surface area contributed by atoms with Crippen LogP contribution in [0.2, 0.25) is 0 Å². The molecule has 160 valence electrons. The van der Waals surface area contributed by atoms with Gasteiger partial charge in [-0.15, -0.1) is 0 Å². The van der Waals surface area contributed by atoms with E-state index < -0.39 is 17.6 Å². The number of halogens is 3. The van der Waals surface area contributed by atoms with E-state index in [0.29, 0.717) is 19.5 Å². The number of benzene rings is 2. The van der Waals surface area contributed by atoms with Crippen LogP contribution in [0.5, 0.6) is 0 Å². The molecule has 0 radical (unpaired) electrons. The van der Waals surface area contributed by atoms with Crippen LogP contribution in [0.4, 0.5) is 19.0 Å². The van der Waals surface area contributed by atoms with Gasteiger partial charge in [-0.05, 0) is 54.4 Å². The summed E-state index contributed by atoms with van der Waals surface area (Å²) in [7, 11) is 0. The first-order valence-electron chi connectivity index (χ1n) is 9.56. The number of carbonyl (C=O) groups excluding carboxylic acids is 1. The Morgan fingerprint density at radius 2 is 1.87 bits per heavy atom. The SMILES string of the molecule is O=C(NCCCNc1nsc2ccccc12)c1ccc(-c2cccc(C(F)(F)F)c2)o1. The predicted molar refractivity (Wildman–Crippen MR) is 114 cm³/mol. The van der Waals surface area contributed by atoms with Gasteiger partial charge < -0.3 is 15.1 Å². The van der Waals surface area contributed by atoms with Crippen LogP contribution in [-0.2, 0) is 6.18 Å². The number of rotatable bonds is 7. The molecule has 0 spiro atoms. The fourth-order valence-electron chi connectivity index (χ4n) is 3.06. The molecule has 9 heteroatoms. The number of aromatic nitrogens is 1. The van der Waals surface area contributed by atoms with Gasteiger partial charge in [-0.1, -0.05) is 24.3 Å². The lowest BCUT2D eigenvalue weighted by molar-refractivity contribution is -0.137. The van der Waals surface area contributed by atoms with E-state index in [0.717, 1.165) is 28.0 Å². The van der Waals surface area contributed by atoms with Crippen molar-refractivity contribution in [3.05, 3.63) is 72.0 Å². The zero-order valence-corrected chi connectivity index (χ0v) is 17.0. The van der Waals surface area contributed by atoms with Gasteiger partial charge in [0.05, 0.1) is 10.3 Å². The van der Waals surface area contributed by atoms with Crippen LogP contribution < -0.4 is 10.6 Å². The summed E-state index contributed by atoms with van der Waals surface area (Å²) in [4.78, 5) is 12.3. The van der Waals surface area contributed by atoms with Crippen LogP contribution in [0.15, 0.2) is 65.1 Å². The fourth-order valence-corrected chi connectivity index (χ4v) is 3.82. The lowest BCUT2D eigenvalue weighted by Crippen LogP contribution is -2.25. The van der Waals surface area contributed by atoms with Crippen molar-refractivity contribution in [1.29, 1.82) is 0 Å². The second kappa shape index (κ2) is 8.81. The minimum atomic E-state index is -4.44. The number of nitrogens with one attached hydrogen (secondary N) is 2. The van der Waals surface area contributed by atoms with Gasteiger partial charge in [-0.3, -0.25) is 4.79 Å². The van der Waals surface area contributed by atoms with Gasteiger partial charge in [0.25, 0.3) is 5.91 Å². The van der Waals surface area contributed by atoms with Crippen LogP contribution in [0.25, 0.3) is 21.4 Å². The molecule has 2 aromatic carbocycles. The summed E-state index contributed by atoms with van der Waals surface area (Å²) in [6.07, 6.45) is -3.78. The first-order valence-corrected chi connectivity index (χ1v) is 10.3. The Balaban J connectivity index is 1.28. The molecule has 2 heterocycles. The van der Waals surface area contributed by atoms with Crippen molar-refractivity contribution in [1.82, 2.24) is 9.69 Å². The van der Waals surface area contributed by atoms with Crippen molar-refractivity contribution in [2.24, 2.45) is 0 Å². The van der Waals surface area contributed by atoms with Gasteiger partial charge in [0.1, 0.15) is 11.6 Å². The van der Waals surface area contributed by atoms with Crippen LogP contribution in [-0.4, -0.2) is 23.4 Å². The van der Waals surface area contributed by atoms with Crippen LogP contribution >= 0.6 is 11.5 Å². The monoisotopic (exact) mass is 445 g/mol. The van der Waals surface area contributed by atoms with Gasteiger partial charge in [-0.2, -0.15) is 17.5 Å². The molecule has 0 atom stereocenters. The summed E-state index contributed by atoms with van der Waals surface area (Å²) in [6.45, 7) is 1.04. The topological polar surface area (TPSA) is 67.2 Å². The largest absolute Gasteiger partial charge is 0.451 e. The highest BCUT2D eigenvalue weighted by Crippen LogP contribution is 2.32. The van der Waals surface area contributed by atoms with Gasteiger partial charge in [0.15, 0.2) is 5.76 Å². The van der Waals surface area contributed by atoms with E-state index in [1.165, 1.54) is 35.8 Å². The van der Waals surface area contributed by atoms with E-state index in [9.17, 15) is 18.0 Å². The molecule has 2 aromatic heterocycles. The minimum absolute atomic E-state index is 0.0471. The van der Waals surface area contributed by atoms with Crippen molar-refractivity contribution in [3.63, 3.8) is 0 Å². The molecule has 5 nitrogen and oxygen atoms in total. The van der Waals surface area contributed by atoms with E-state index in [1.807, 2.05) is 24.3 Å². The zero-order chi connectivity index (χ0) is 21.8. The molecule has 0 unspecified atom stereocenters. The molecule has 0 saturated heterocycles.